The van der Waals surface area contributed by atoms with Gasteiger partial charge in [-0.3, -0.25) is 4.79 Å². The molecule has 1 aromatic heterocycles. The topological polar surface area (TPSA) is 85.2 Å². The number of benzene rings is 2. The number of morpholine rings is 1. The van der Waals surface area contributed by atoms with Crippen LogP contribution in [0.5, 0.6) is 0 Å². The summed E-state index contributed by atoms with van der Waals surface area (Å²) in [6.45, 7) is 5.10. The smallest absolute Gasteiger partial charge is 0.237 e. The molecule has 1 fully saturated rings. The SMILES string of the molecule is CC(Sc1nnnn1-c1ccccc1)C(=O)Nc1ccc(N2CCOCC2)cc1. The first-order valence-electron chi connectivity index (χ1n) is 9.45. The number of ether oxygens (including phenoxy) is 1. The minimum absolute atomic E-state index is 0.100. The molecule has 150 valence electrons. The zero-order chi connectivity index (χ0) is 20.1. The lowest BCUT2D eigenvalue weighted by Gasteiger charge is -2.28. The van der Waals surface area contributed by atoms with Crippen LogP contribution in [0.3, 0.4) is 0 Å². The predicted octanol–water partition coefficient (Wildman–Crippen LogP) is 2.62. The standard InChI is InChI=1S/C20H22N6O2S/c1-15(29-20-22-23-24-26(20)18-5-3-2-4-6-18)19(27)21-16-7-9-17(10-8-16)25-11-13-28-14-12-25/h2-10,15H,11-14H2,1H3,(H,21,27). The van der Waals surface area contributed by atoms with Crippen molar-refractivity contribution in [2.24, 2.45) is 0 Å². The zero-order valence-electron chi connectivity index (χ0n) is 16.1. The second-order valence-corrected chi connectivity index (χ2v) is 7.91. The molecule has 3 aromatic rings. The number of para-hydroxylation sites is 1. The van der Waals surface area contributed by atoms with E-state index >= 15 is 0 Å². The van der Waals surface area contributed by atoms with E-state index in [2.05, 4.69) is 25.7 Å². The largest absolute Gasteiger partial charge is 0.378 e. The third-order valence-corrected chi connectivity index (χ3v) is 5.64. The van der Waals surface area contributed by atoms with Crippen LogP contribution in [0.4, 0.5) is 11.4 Å². The van der Waals surface area contributed by atoms with Crippen molar-refractivity contribution in [1.29, 1.82) is 0 Å². The number of tetrazole rings is 1. The molecule has 0 aliphatic carbocycles. The fourth-order valence-electron chi connectivity index (χ4n) is 3.02. The average Bonchev–Trinajstić information content (AvgIpc) is 3.23. The first-order valence-corrected chi connectivity index (χ1v) is 10.3. The van der Waals surface area contributed by atoms with Crippen LogP contribution in [-0.4, -0.2) is 57.7 Å². The van der Waals surface area contributed by atoms with Gasteiger partial charge in [0.25, 0.3) is 0 Å². The average molecular weight is 411 g/mol. The van der Waals surface area contributed by atoms with Crippen LogP contribution >= 0.6 is 11.8 Å². The van der Waals surface area contributed by atoms with Crippen molar-refractivity contribution in [2.45, 2.75) is 17.3 Å². The van der Waals surface area contributed by atoms with Crippen molar-refractivity contribution in [3.63, 3.8) is 0 Å². The molecule has 1 unspecified atom stereocenters. The molecule has 0 spiro atoms. The Morgan fingerprint density at radius 3 is 2.52 bits per heavy atom. The third-order valence-electron chi connectivity index (χ3n) is 4.60. The van der Waals surface area contributed by atoms with Gasteiger partial charge in [-0.15, -0.1) is 5.10 Å². The molecular formula is C20H22N6O2S. The zero-order valence-corrected chi connectivity index (χ0v) is 16.9. The van der Waals surface area contributed by atoms with Gasteiger partial charge < -0.3 is 15.0 Å². The van der Waals surface area contributed by atoms with Crippen molar-refractivity contribution in [3.8, 4) is 5.69 Å². The number of hydrogen-bond donors (Lipinski definition) is 1. The van der Waals surface area contributed by atoms with Gasteiger partial charge >= 0.3 is 0 Å². The van der Waals surface area contributed by atoms with Crippen molar-refractivity contribution >= 4 is 29.0 Å². The van der Waals surface area contributed by atoms with Crippen LogP contribution in [-0.2, 0) is 9.53 Å². The number of anilines is 2. The number of carbonyl (C=O) groups excluding carboxylic acids is 1. The minimum Gasteiger partial charge on any atom is -0.378 e. The maximum Gasteiger partial charge on any atom is 0.237 e. The van der Waals surface area contributed by atoms with Gasteiger partial charge in [0, 0.05) is 24.5 Å². The number of rotatable bonds is 6. The lowest BCUT2D eigenvalue weighted by molar-refractivity contribution is -0.115. The molecule has 0 bridgehead atoms. The van der Waals surface area contributed by atoms with E-state index in [1.807, 2.05) is 61.5 Å². The van der Waals surface area contributed by atoms with E-state index in [1.165, 1.54) is 11.8 Å². The minimum atomic E-state index is -0.359. The summed E-state index contributed by atoms with van der Waals surface area (Å²) < 4.78 is 7.02. The van der Waals surface area contributed by atoms with E-state index in [4.69, 9.17) is 4.74 Å². The van der Waals surface area contributed by atoms with Gasteiger partial charge in [0.15, 0.2) is 0 Å². The van der Waals surface area contributed by atoms with Gasteiger partial charge in [-0.1, -0.05) is 30.0 Å². The van der Waals surface area contributed by atoms with Gasteiger partial charge in [-0.05, 0) is 53.7 Å². The van der Waals surface area contributed by atoms with Crippen LogP contribution in [0.25, 0.3) is 5.69 Å². The molecule has 2 heterocycles. The Kier molecular flexibility index (Phi) is 6.06. The van der Waals surface area contributed by atoms with Crippen molar-refractivity contribution < 1.29 is 9.53 Å². The molecule has 2 aromatic carbocycles. The third kappa shape index (κ3) is 4.75. The number of nitrogens with zero attached hydrogens (tertiary/aromatic N) is 5. The summed E-state index contributed by atoms with van der Waals surface area (Å²) in [5, 5.41) is 15.0. The van der Waals surface area contributed by atoms with E-state index < -0.39 is 0 Å². The van der Waals surface area contributed by atoms with E-state index in [1.54, 1.807) is 4.68 Å². The van der Waals surface area contributed by atoms with Crippen molar-refractivity contribution in [1.82, 2.24) is 20.2 Å². The van der Waals surface area contributed by atoms with Crippen LogP contribution in [0.1, 0.15) is 6.92 Å². The Balaban J connectivity index is 1.37. The van der Waals surface area contributed by atoms with Gasteiger partial charge in [-0.25, -0.2) is 0 Å². The monoisotopic (exact) mass is 410 g/mol. The highest BCUT2D eigenvalue weighted by atomic mass is 32.2. The highest BCUT2D eigenvalue weighted by molar-refractivity contribution is 8.00. The van der Waals surface area contributed by atoms with E-state index in [0.29, 0.717) is 5.16 Å². The number of amides is 1. The maximum absolute atomic E-state index is 12.6. The molecule has 29 heavy (non-hydrogen) atoms. The molecule has 1 amide bonds. The summed E-state index contributed by atoms with van der Waals surface area (Å²) in [4.78, 5) is 14.9. The normalized spacial score (nSPS) is 15.1. The summed E-state index contributed by atoms with van der Waals surface area (Å²) in [6.07, 6.45) is 0. The molecule has 1 N–H and O–H groups in total. The lowest BCUT2D eigenvalue weighted by atomic mass is 10.2. The predicted molar refractivity (Wildman–Crippen MR) is 113 cm³/mol. The Morgan fingerprint density at radius 2 is 1.79 bits per heavy atom. The summed E-state index contributed by atoms with van der Waals surface area (Å²) in [5.74, 6) is -0.100. The lowest BCUT2D eigenvalue weighted by Crippen LogP contribution is -2.36. The van der Waals surface area contributed by atoms with Gasteiger partial charge in [0.05, 0.1) is 24.2 Å². The Hall–Kier alpha value is -2.91. The van der Waals surface area contributed by atoms with Crippen LogP contribution in [0.15, 0.2) is 59.8 Å². The summed E-state index contributed by atoms with van der Waals surface area (Å²) in [5.41, 5.74) is 2.75. The van der Waals surface area contributed by atoms with Crippen molar-refractivity contribution in [2.75, 3.05) is 36.5 Å². The first kappa shape index (κ1) is 19.4. The summed E-state index contributed by atoms with van der Waals surface area (Å²) in [7, 11) is 0. The van der Waals surface area contributed by atoms with E-state index in [9.17, 15) is 4.79 Å². The molecule has 8 nitrogen and oxygen atoms in total. The number of carbonyl (C=O) groups is 1. The Labute approximate surface area is 173 Å². The van der Waals surface area contributed by atoms with E-state index in [0.717, 1.165) is 43.4 Å². The maximum atomic E-state index is 12.6. The molecule has 4 rings (SSSR count). The molecular weight excluding hydrogens is 388 g/mol. The number of thioether (sulfide) groups is 1. The molecule has 9 heteroatoms. The van der Waals surface area contributed by atoms with Gasteiger partial charge in [-0.2, -0.15) is 4.68 Å². The first-order chi connectivity index (χ1) is 14.2. The molecule has 0 saturated carbocycles. The summed E-state index contributed by atoms with van der Waals surface area (Å²) in [6, 6.07) is 17.5. The van der Waals surface area contributed by atoms with Gasteiger partial charge in [0.2, 0.25) is 11.1 Å². The molecule has 1 saturated heterocycles. The highest BCUT2D eigenvalue weighted by Crippen LogP contribution is 2.24. The molecule has 1 atom stereocenters. The molecule has 1 aliphatic rings. The van der Waals surface area contributed by atoms with Crippen LogP contribution in [0, 0.1) is 0 Å². The van der Waals surface area contributed by atoms with Crippen molar-refractivity contribution in [3.05, 3.63) is 54.6 Å². The second kappa shape index (κ2) is 9.06. The molecule has 0 radical (unpaired) electrons. The van der Waals surface area contributed by atoms with Crippen LogP contribution in [0.2, 0.25) is 0 Å². The molecule has 1 aliphatic heterocycles. The Morgan fingerprint density at radius 1 is 1.07 bits per heavy atom. The number of hydrogen-bond acceptors (Lipinski definition) is 7. The fourth-order valence-corrected chi connectivity index (χ4v) is 3.82. The van der Waals surface area contributed by atoms with Gasteiger partial charge in [0.1, 0.15) is 0 Å². The quantitative estimate of drug-likeness (QED) is 0.625. The summed E-state index contributed by atoms with van der Waals surface area (Å²) >= 11 is 1.32. The number of nitrogens with one attached hydrogen (secondary N) is 1. The van der Waals surface area contributed by atoms with E-state index in [-0.39, 0.29) is 11.2 Å². The van der Waals surface area contributed by atoms with Crippen LogP contribution < -0.4 is 10.2 Å². The fraction of sp³-hybridized carbons (Fsp3) is 0.300. The number of aromatic nitrogens is 4. The second-order valence-electron chi connectivity index (χ2n) is 6.60. The Bertz CT molecular complexity index is 941. The highest BCUT2D eigenvalue weighted by Gasteiger charge is 2.19.